The second-order valence-corrected chi connectivity index (χ2v) is 4.05. The lowest BCUT2D eigenvalue weighted by molar-refractivity contribution is 0.0973. The smallest absolute Gasteiger partial charge is 0.168 e. The highest BCUT2D eigenvalue weighted by Crippen LogP contribution is 2.27. The predicted octanol–water partition coefficient (Wildman–Crippen LogP) is 1.86. The van der Waals surface area contributed by atoms with Crippen molar-refractivity contribution in [3.8, 4) is 0 Å². The van der Waals surface area contributed by atoms with E-state index in [1.807, 2.05) is 18.2 Å². The molecule has 0 saturated carbocycles. The van der Waals surface area contributed by atoms with Crippen LogP contribution < -0.4 is 11.1 Å². The molecule has 15 heavy (non-hydrogen) atoms. The van der Waals surface area contributed by atoms with Crippen molar-refractivity contribution in [2.75, 3.05) is 5.32 Å². The Morgan fingerprint density at radius 1 is 1.40 bits per heavy atom. The number of nitrogens with one attached hydrogen (secondary N) is 1. The second-order valence-electron chi connectivity index (χ2n) is 3.61. The molecule has 0 aromatic heterocycles. The van der Waals surface area contributed by atoms with Gasteiger partial charge in [-0.2, -0.15) is 0 Å². The van der Waals surface area contributed by atoms with Crippen molar-refractivity contribution >= 4 is 28.8 Å². The van der Waals surface area contributed by atoms with Crippen molar-refractivity contribution in [1.82, 2.24) is 0 Å². The fourth-order valence-electron chi connectivity index (χ4n) is 1.94. The molecular weight excluding hydrogens is 208 g/mol. The quantitative estimate of drug-likeness (QED) is 0.709. The molecule has 3 nitrogen and oxygen atoms in total. The molecule has 0 radical (unpaired) electrons. The Hall–Kier alpha value is -1.42. The van der Waals surface area contributed by atoms with E-state index in [1.165, 1.54) is 0 Å². The van der Waals surface area contributed by atoms with Crippen LogP contribution >= 0.6 is 12.2 Å². The van der Waals surface area contributed by atoms with Crippen molar-refractivity contribution in [3.63, 3.8) is 0 Å². The Balaban J connectivity index is 2.46. The molecule has 0 amide bonds. The standard InChI is InChI=1S/C11H12N2OS/c12-11(15)13-8-5-1-3-7-4-2-6-9(14)10(7)8/h1,3,5H,2,4,6H2,(H3,12,13,15). The summed E-state index contributed by atoms with van der Waals surface area (Å²) in [5, 5.41) is 3.05. The number of fused-ring (bicyclic) bond motifs is 1. The molecule has 4 heteroatoms. The van der Waals surface area contributed by atoms with Crippen molar-refractivity contribution in [3.05, 3.63) is 29.3 Å². The number of aryl methyl sites for hydroxylation is 1. The molecular formula is C11H12N2OS. The summed E-state index contributed by atoms with van der Waals surface area (Å²) in [5.74, 6) is 0.176. The molecule has 0 aliphatic heterocycles. The van der Waals surface area contributed by atoms with Gasteiger partial charge >= 0.3 is 0 Å². The van der Waals surface area contributed by atoms with Gasteiger partial charge in [0.1, 0.15) is 0 Å². The summed E-state index contributed by atoms with van der Waals surface area (Å²) in [6.07, 6.45) is 2.50. The number of carbonyl (C=O) groups is 1. The minimum absolute atomic E-state index is 0.176. The lowest BCUT2D eigenvalue weighted by Crippen LogP contribution is -2.22. The largest absolute Gasteiger partial charge is 0.376 e. The summed E-state index contributed by atoms with van der Waals surface area (Å²) in [4.78, 5) is 11.8. The molecule has 0 fully saturated rings. The molecule has 1 aromatic carbocycles. The van der Waals surface area contributed by atoms with Gasteiger partial charge in [-0.1, -0.05) is 12.1 Å². The van der Waals surface area contributed by atoms with E-state index in [0.717, 1.165) is 29.7 Å². The van der Waals surface area contributed by atoms with Gasteiger partial charge in [0.25, 0.3) is 0 Å². The summed E-state index contributed by atoms with van der Waals surface area (Å²) < 4.78 is 0. The average Bonchev–Trinajstić information content (AvgIpc) is 2.17. The SMILES string of the molecule is NC(=S)Nc1cccc2c1C(=O)CCC2. The van der Waals surface area contributed by atoms with Crippen LogP contribution in [0.3, 0.4) is 0 Å². The minimum Gasteiger partial charge on any atom is -0.376 e. The third-order valence-corrected chi connectivity index (χ3v) is 2.64. The van der Waals surface area contributed by atoms with E-state index >= 15 is 0 Å². The minimum atomic E-state index is 0.176. The fraction of sp³-hybridized carbons (Fsp3) is 0.273. The molecule has 3 N–H and O–H groups in total. The van der Waals surface area contributed by atoms with Crippen LogP contribution in [0.4, 0.5) is 5.69 Å². The van der Waals surface area contributed by atoms with Crippen molar-refractivity contribution in [2.24, 2.45) is 5.73 Å². The normalized spacial score (nSPS) is 14.5. The fourth-order valence-corrected chi connectivity index (χ4v) is 2.05. The lowest BCUT2D eigenvalue weighted by Gasteiger charge is -2.18. The number of nitrogens with two attached hydrogens (primary N) is 1. The number of carbonyl (C=O) groups excluding carboxylic acids is 1. The average molecular weight is 220 g/mol. The monoisotopic (exact) mass is 220 g/mol. The number of thiocarbonyl (C=S) groups is 1. The first kappa shape index (κ1) is 10.1. The Bertz CT molecular complexity index is 429. The molecule has 1 aliphatic rings. The van der Waals surface area contributed by atoms with Crippen LogP contribution in [0.1, 0.15) is 28.8 Å². The van der Waals surface area contributed by atoms with E-state index in [1.54, 1.807) is 0 Å². The van der Waals surface area contributed by atoms with E-state index in [0.29, 0.717) is 6.42 Å². The van der Waals surface area contributed by atoms with E-state index in [9.17, 15) is 4.79 Å². The maximum absolute atomic E-state index is 11.8. The molecule has 0 heterocycles. The molecule has 0 atom stereocenters. The van der Waals surface area contributed by atoms with Crippen molar-refractivity contribution in [2.45, 2.75) is 19.3 Å². The predicted molar refractivity (Wildman–Crippen MR) is 64.1 cm³/mol. The first-order valence-electron chi connectivity index (χ1n) is 4.90. The number of hydrogen-bond donors (Lipinski definition) is 2. The maximum atomic E-state index is 11.8. The molecule has 0 saturated heterocycles. The highest BCUT2D eigenvalue weighted by molar-refractivity contribution is 7.80. The summed E-state index contributed by atoms with van der Waals surface area (Å²) in [6.45, 7) is 0. The van der Waals surface area contributed by atoms with Gasteiger partial charge in [-0.3, -0.25) is 4.79 Å². The number of benzene rings is 1. The van der Waals surface area contributed by atoms with Crippen LogP contribution in [0, 0.1) is 0 Å². The van der Waals surface area contributed by atoms with Crippen LogP contribution in [0.2, 0.25) is 0 Å². The Labute approximate surface area is 93.7 Å². The zero-order chi connectivity index (χ0) is 10.8. The molecule has 78 valence electrons. The summed E-state index contributed by atoms with van der Waals surface area (Å²) >= 11 is 4.78. The Morgan fingerprint density at radius 2 is 2.20 bits per heavy atom. The van der Waals surface area contributed by atoms with Crippen LogP contribution in [-0.4, -0.2) is 10.9 Å². The summed E-state index contributed by atoms with van der Waals surface area (Å²) in [5.41, 5.74) is 8.00. The van der Waals surface area contributed by atoms with Crippen LogP contribution in [-0.2, 0) is 6.42 Å². The maximum Gasteiger partial charge on any atom is 0.168 e. The van der Waals surface area contributed by atoms with Gasteiger partial charge in [-0.05, 0) is 36.7 Å². The molecule has 0 unspecified atom stereocenters. The molecule has 0 spiro atoms. The van der Waals surface area contributed by atoms with Gasteiger partial charge < -0.3 is 11.1 Å². The van der Waals surface area contributed by atoms with E-state index in [4.69, 9.17) is 18.0 Å². The number of ketones is 1. The number of Topliss-reactive ketones (excluding diaryl/α,β-unsaturated/α-hetero) is 1. The number of anilines is 1. The highest BCUT2D eigenvalue weighted by Gasteiger charge is 2.20. The molecule has 1 aliphatic carbocycles. The Morgan fingerprint density at radius 3 is 2.93 bits per heavy atom. The van der Waals surface area contributed by atoms with E-state index in [-0.39, 0.29) is 10.9 Å². The third-order valence-electron chi connectivity index (χ3n) is 2.54. The van der Waals surface area contributed by atoms with Crippen LogP contribution in [0.5, 0.6) is 0 Å². The lowest BCUT2D eigenvalue weighted by atomic mass is 9.89. The first-order valence-corrected chi connectivity index (χ1v) is 5.31. The Kier molecular flexibility index (Phi) is 2.68. The molecule has 1 aromatic rings. The highest BCUT2D eigenvalue weighted by atomic mass is 32.1. The summed E-state index contributed by atoms with van der Waals surface area (Å²) in [7, 11) is 0. The van der Waals surface area contributed by atoms with E-state index < -0.39 is 0 Å². The van der Waals surface area contributed by atoms with Gasteiger partial charge in [-0.15, -0.1) is 0 Å². The zero-order valence-corrected chi connectivity index (χ0v) is 9.06. The van der Waals surface area contributed by atoms with Crippen molar-refractivity contribution in [1.29, 1.82) is 0 Å². The topological polar surface area (TPSA) is 55.1 Å². The number of hydrogen-bond acceptors (Lipinski definition) is 2. The van der Waals surface area contributed by atoms with Gasteiger partial charge in [0, 0.05) is 12.0 Å². The van der Waals surface area contributed by atoms with Gasteiger partial charge in [0.05, 0.1) is 5.69 Å². The second kappa shape index (κ2) is 3.98. The molecule has 2 rings (SSSR count). The van der Waals surface area contributed by atoms with Gasteiger partial charge in [0.2, 0.25) is 0 Å². The molecule has 0 bridgehead atoms. The number of rotatable bonds is 1. The van der Waals surface area contributed by atoms with E-state index in [2.05, 4.69) is 5.32 Å². The zero-order valence-electron chi connectivity index (χ0n) is 8.25. The first-order chi connectivity index (χ1) is 7.18. The van der Waals surface area contributed by atoms with Crippen molar-refractivity contribution < 1.29 is 4.79 Å². The summed E-state index contributed by atoms with van der Waals surface area (Å²) in [6, 6.07) is 5.73. The van der Waals surface area contributed by atoms with Crippen LogP contribution in [0.25, 0.3) is 0 Å². The van der Waals surface area contributed by atoms with Crippen LogP contribution in [0.15, 0.2) is 18.2 Å². The third kappa shape index (κ3) is 1.99. The van der Waals surface area contributed by atoms with Gasteiger partial charge in [0.15, 0.2) is 10.9 Å². The van der Waals surface area contributed by atoms with Gasteiger partial charge in [-0.25, -0.2) is 0 Å².